The van der Waals surface area contributed by atoms with Crippen LogP contribution in [0.5, 0.6) is 0 Å². The van der Waals surface area contributed by atoms with Crippen LogP contribution >= 0.6 is 0 Å². The number of hydrogen-bond acceptors (Lipinski definition) is 4. The molecule has 1 saturated heterocycles. The Bertz CT molecular complexity index is 856. The molecular weight excluding hydrogens is 314 g/mol. The molecule has 0 amide bonds. The summed E-state index contributed by atoms with van der Waals surface area (Å²) in [5.74, 6) is 0. The Hall–Kier alpha value is -2.18. The second kappa shape index (κ2) is 6.61. The van der Waals surface area contributed by atoms with Crippen molar-refractivity contribution in [2.75, 3.05) is 13.6 Å². The lowest BCUT2D eigenvalue weighted by molar-refractivity contribution is 0.0519. The molecule has 0 aromatic carbocycles. The lowest BCUT2D eigenvalue weighted by atomic mass is 9.87. The number of aromatic nitrogens is 4. The first-order valence-corrected chi connectivity index (χ1v) is 8.86. The van der Waals surface area contributed by atoms with Gasteiger partial charge in [-0.05, 0) is 32.0 Å². The first-order chi connectivity index (χ1) is 12.0. The van der Waals surface area contributed by atoms with Gasteiger partial charge in [0.25, 0.3) is 0 Å². The van der Waals surface area contributed by atoms with Crippen molar-refractivity contribution in [2.45, 2.75) is 38.8 Å². The molecule has 0 bridgehead atoms. The van der Waals surface area contributed by atoms with E-state index in [1.807, 2.05) is 45.7 Å². The van der Waals surface area contributed by atoms with Gasteiger partial charge >= 0.3 is 0 Å². The third-order valence-corrected chi connectivity index (χ3v) is 5.31. The molecule has 2 atom stereocenters. The van der Waals surface area contributed by atoms with Gasteiger partial charge < -0.3 is 10.1 Å². The van der Waals surface area contributed by atoms with E-state index in [1.165, 1.54) is 0 Å². The molecule has 134 valence electrons. The first kappa shape index (κ1) is 17.6. The maximum atomic E-state index is 10.5. The van der Waals surface area contributed by atoms with Crippen LogP contribution in [0, 0.1) is 0 Å². The fourth-order valence-corrected chi connectivity index (χ4v) is 3.58. The number of nitrogens with one attached hydrogen (secondary N) is 1. The summed E-state index contributed by atoms with van der Waals surface area (Å²) >= 11 is 0. The normalized spacial score (nSPS) is 23.7. The van der Waals surface area contributed by atoms with Crippen LogP contribution < -0.4 is 0 Å². The molecule has 6 heteroatoms. The van der Waals surface area contributed by atoms with Gasteiger partial charge in [-0.25, -0.2) is 4.98 Å². The number of nitrogens with zero attached hydrogens (tertiary/aromatic N) is 4. The van der Waals surface area contributed by atoms with Crippen molar-refractivity contribution in [1.29, 1.82) is 0 Å². The quantitative estimate of drug-likeness (QED) is 0.752. The molecule has 0 spiro atoms. The van der Waals surface area contributed by atoms with Crippen LogP contribution in [0.1, 0.15) is 32.8 Å². The molecule has 0 saturated carbocycles. The maximum absolute atomic E-state index is 10.5. The molecule has 25 heavy (non-hydrogen) atoms. The van der Waals surface area contributed by atoms with E-state index in [2.05, 4.69) is 40.0 Å². The summed E-state index contributed by atoms with van der Waals surface area (Å²) in [6.45, 7) is 6.97. The minimum atomic E-state index is -0.398. The van der Waals surface area contributed by atoms with E-state index >= 15 is 0 Å². The van der Waals surface area contributed by atoms with Crippen LogP contribution in [0.4, 0.5) is 0 Å². The number of likely N-dealkylation sites (tertiary alicyclic amines) is 1. The predicted molar refractivity (Wildman–Crippen MR) is 100 cm³/mol. The zero-order valence-corrected chi connectivity index (χ0v) is 15.6. The van der Waals surface area contributed by atoms with Crippen molar-refractivity contribution in [1.82, 2.24) is 24.6 Å². The summed E-state index contributed by atoms with van der Waals surface area (Å²) in [6, 6.07) is 2.15. The van der Waals surface area contributed by atoms with Crippen molar-refractivity contribution < 1.29 is 5.11 Å². The summed E-state index contributed by atoms with van der Waals surface area (Å²) in [4.78, 5) is 10.0. The molecule has 3 aromatic rings. The summed E-state index contributed by atoms with van der Waals surface area (Å²) < 4.78 is 1.79. The Balaban J connectivity index is 0.000000880. The molecular formula is C19H27N5O. The highest BCUT2D eigenvalue weighted by molar-refractivity contribution is 5.93. The third kappa shape index (κ3) is 2.75. The van der Waals surface area contributed by atoms with Gasteiger partial charge in [-0.3, -0.25) is 9.58 Å². The molecule has 1 aliphatic rings. The van der Waals surface area contributed by atoms with Crippen LogP contribution in [0.3, 0.4) is 0 Å². The number of aryl methyl sites for hydroxylation is 1. The molecule has 4 rings (SSSR count). The van der Waals surface area contributed by atoms with E-state index in [9.17, 15) is 5.11 Å². The van der Waals surface area contributed by atoms with Crippen molar-refractivity contribution in [3.8, 4) is 11.1 Å². The monoisotopic (exact) mass is 341 g/mol. The van der Waals surface area contributed by atoms with E-state index < -0.39 is 5.54 Å². The number of fused-ring (bicyclic) bond motifs is 1. The SMILES string of the molecule is CC.CN1CCC(O)C1(C)c1cnc2[nH]cc(-c3cnn(C)c3)c2c1. The summed E-state index contributed by atoms with van der Waals surface area (Å²) in [5.41, 5.74) is 3.64. The zero-order chi connectivity index (χ0) is 18.2. The van der Waals surface area contributed by atoms with Crippen molar-refractivity contribution in [2.24, 2.45) is 7.05 Å². The standard InChI is InChI=1S/C17H21N5O.C2H6/c1-17(15(23)4-5-21(17)2)12-6-13-14(9-19-16(13)18-8-12)11-7-20-22(3)10-11;1-2/h6-10,15,23H,4-5H2,1-3H3,(H,18,19);1-2H3. The minimum absolute atomic E-state index is 0.382. The summed E-state index contributed by atoms with van der Waals surface area (Å²) in [5, 5.41) is 15.8. The molecule has 1 aliphatic heterocycles. The van der Waals surface area contributed by atoms with Gasteiger partial charge in [0.05, 0.1) is 17.8 Å². The zero-order valence-electron chi connectivity index (χ0n) is 15.6. The van der Waals surface area contributed by atoms with Gasteiger partial charge in [-0.1, -0.05) is 13.8 Å². The highest BCUT2D eigenvalue weighted by atomic mass is 16.3. The number of H-pyrrole nitrogens is 1. The molecule has 1 fully saturated rings. The number of likely N-dealkylation sites (N-methyl/N-ethyl adjacent to an activating group) is 1. The van der Waals surface area contributed by atoms with E-state index in [-0.39, 0.29) is 6.10 Å². The van der Waals surface area contributed by atoms with E-state index in [1.54, 1.807) is 4.68 Å². The molecule has 3 aromatic heterocycles. The number of hydrogen-bond donors (Lipinski definition) is 2. The van der Waals surface area contributed by atoms with E-state index in [0.29, 0.717) is 0 Å². The van der Waals surface area contributed by atoms with Gasteiger partial charge in [0.1, 0.15) is 5.65 Å². The summed E-state index contributed by atoms with van der Waals surface area (Å²) in [6.07, 6.45) is 8.09. The third-order valence-electron chi connectivity index (χ3n) is 5.31. The van der Waals surface area contributed by atoms with Crippen LogP contribution in [0.15, 0.2) is 30.9 Å². The van der Waals surface area contributed by atoms with Crippen LogP contribution in [0.25, 0.3) is 22.2 Å². The van der Waals surface area contributed by atoms with E-state index in [4.69, 9.17) is 0 Å². The van der Waals surface area contributed by atoms with Crippen LogP contribution in [-0.2, 0) is 12.6 Å². The molecule has 2 N–H and O–H groups in total. The van der Waals surface area contributed by atoms with Crippen molar-refractivity contribution >= 4 is 11.0 Å². The number of aliphatic hydroxyl groups excluding tert-OH is 1. The fourth-order valence-electron chi connectivity index (χ4n) is 3.58. The highest BCUT2D eigenvalue weighted by Gasteiger charge is 2.44. The van der Waals surface area contributed by atoms with Gasteiger partial charge in [-0.2, -0.15) is 5.10 Å². The number of rotatable bonds is 2. The molecule has 6 nitrogen and oxygen atoms in total. The van der Waals surface area contributed by atoms with E-state index in [0.717, 1.165) is 40.7 Å². The topological polar surface area (TPSA) is 70.0 Å². The smallest absolute Gasteiger partial charge is 0.137 e. The molecule has 0 radical (unpaired) electrons. The van der Waals surface area contributed by atoms with Gasteiger partial charge in [0, 0.05) is 48.7 Å². The Morgan fingerprint density at radius 3 is 2.64 bits per heavy atom. The Kier molecular flexibility index (Phi) is 4.67. The molecule has 4 heterocycles. The first-order valence-electron chi connectivity index (χ1n) is 8.86. The molecule has 0 aliphatic carbocycles. The largest absolute Gasteiger partial charge is 0.391 e. The van der Waals surface area contributed by atoms with Gasteiger partial charge in [-0.15, -0.1) is 0 Å². The van der Waals surface area contributed by atoms with Gasteiger partial charge in [0.2, 0.25) is 0 Å². The van der Waals surface area contributed by atoms with Gasteiger partial charge in [0.15, 0.2) is 0 Å². The average Bonchev–Trinajstić information content (AvgIpc) is 3.31. The summed E-state index contributed by atoms with van der Waals surface area (Å²) in [7, 11) is 3.96. The lowest BCUT2D eigenvalue weighted by Gasteiger charge is -2.35. The second-order valence-electron chi connectivity index (χ2n) is 6.60. The predicted octanol–water partition coefficient (Wildman–Crippen LogP) is 2.90. The Morgan fingerprint density at radius 1 is 1.28 bits per heavy atom. The Labute approximate surface area is 148 Å². The van der Waals surface area contributed by atoms with Crippen molar-refractivity contribution in [3.05, 3.63) is 36.4 Å². The Morgan fingerprint density at radius 2 is 2.04 bits per heavy atom. The minimum Gasteiger partial charge on any atom is -0.391 e. The van der Waals surface area contributed by atoms with Crippen LogP contribution in [-0.4, -0.2) is 49.5 Å². The number of pyridine rings is 1. The van der Waals surface area contributed by atoms with Crippen LogP contribution in [0.2, 0.25) is 0 Å². The maximum Gasteiger partial charge on any atom is 0.137 e. The average molecular weight is 341 g/mol. The highest BCUT2D eigenvalue weighted by Crippen LogP contribution is 2.39. The second-order valence-corrected chi connectivity index (χ2v) is 6.60. The fraction of sp³-hybridized carbons (Fsp3) is 0.474. The molecule has 2 unspecified atom stereocenters. The lowest BCUT2D eigenvalue weighted by Crippen LogP contribution is -2.42. The van der Waals surface area contributed by atoms with Crippen molar-refractivity contribution in [3.63, 3.8) is 0 Å². The number of aliphatic hydroxyl groups is 1. The number of aromatic amines is 1.